The Kier molecular flexibility index (Phi) is 16.0. The summed E-state index contributed by atoms with van der Waals surface area (Å²) in [5.41, 5.74) is 7.06. The van der Waals surface area contributed by atoms with Crippen molar-refractivity contribution >= 4 is 30.8 Å². The first-order chi connectivity index (χ1) is 15.9. The highest BCUT2D eigenvalue weighted by Crippen LogP contribution is 2.08. The van der Waals surface area contributed by atoms with E-state index in [-0.39, 0.29) is 49.5 Å². The number of guanidine groups is 1. The lowest BCUT2D eigenvalue weighted by atomic mass is 9.75. The summed E-state index contributed by atoms with van der Waals surface area (Å²) in [5, 5.41) is 36.5. The Hall–Kier alpha value is -2.94. The summed E-state index contributed by atoms with van der Waals surface area (Å²) < 4.78 is 0. The highest BCUT2D eigenvalue weighted by molar-refractivity contribution is 6.43. The summed E-state index contributed by atoms with van der Waals surface area (Å²) in [6.07, 6.45) is 2.95. The Morgan fingerprint density at radius 2 is 1.79 bits per heavy atom. The molecule has 194 valence electrons. The Balaban J connectivity index is 4.90. The summed E-state index contributed by atoms with van der Waals surface area (Å²) in [6.45, 7) is 5.77. The smallest absolute Gasteiger partial charge is 0.426 e. The minimum atomic E-state index is -1.76. The molecule has 8 N–H and O–H groups in total. The van der Waals surface area contributed by atoms with Crippen LogP contribution in [0.3, 0.4) is 0 Å². The fourth-order valence-electron chi connectivity index (χ4n) is 3.06. The monoisotopic (exact) mass is 487 g/mol. The van der Waals surface area contributed by atoms with Crippen LogP contribution in [0.25, 0.3) is 0 Å². The average molecular weight is 487 g/mol. The summed E-state index contributed by atoms with van der Waals surface area (Å²) in [7, 11) is -1.76. The first-order valence-corrected chi connectivity index (χ1v) is 11.3. The summed E-state index contributed by atoms with van der Waals surface area (Å²) in [6, 6.07) is -0.958. The molecule has 2 atom stereocenters. The molecule has 34 heavy (non-hydrogen) atoms. The van der Waals surface area contributed by atoms with Crippen molar-refractivity contribution in [3.05, 3.63) is 10.1 Å². The standard InChI is InChI=1S/C19H38BN7O7/c1-13(2)12-16(20(31)32)25-18(30)15(8-7-11-23-19(21)26-27(33)34)24-17(29)9-5-4-6-10-22-14(3)28/h13,15-16,31-32H,4-12H2,1-3H3,(H,22,28)(H,24,29)(H,25,30)(H3,21,23,26)/t15-,16-/m0/s1. The zero-order valence-electron chi connectivity index (χ0n) is 20.1. The topological polar surface area (TPSA) is 221 Å². The molecular formula is C19H38BN7O7. The first-order valence-electron chi connectivity index (χ1n) is 11.3. The van der Waals surface area contributed by atoms with Gasteiger partial charge in [0.2, 0.25) is 17.7 Å². The Labute approximate surface area is 199 Å². The van der Waals surface area contributed by atoms with Gasteiger partial charge in [-0.15, -0.1) is 0 Å². The Bertz CT molecular complexity index is 692. The molecular weight excluding hydrogens is 449 g/mol. The molecule has 0 aliphatic rings. The van der Waals surface area contributed by atoms with Crippen molar-refractivity contribution in [3.63, 3.8) is 0 Å². The number of carbonyl (C=O) groups excluding carboxylic acids is 3. The van der Waals surface area contributed by atoms with Crippen LogP contribution in [0.15, 0.2) is 4.99 Å². The molecule has 0 aromatic carbocycles. The molecule has 14 nitrogen and oxygen atoms in total. The van der Waals surface area contributed by atoms with E-state index in [0.29, 0.717) is 19.4 Å². The molecule has 0 saturated heterocycles. The molecule has 0 unspecified atom stereocenters. The molecule has 0 fully saturated rings. The number of nitrogens with one attached hydrogen (secondary N) is 4. The van der Waals surface area contributed by atoms with Crippen LogP contribution in [0.4, 0.5) is 0 Å². The van der Waals surface area contributed by atoms with Gasteiger partial charge in [0.1, 0.15) is 6.04 Å². The number of unbranched alkanes of at least 4 members (excludes halogenated alkanes) is 2. The van der Waals surface area contributed by atoms with Crippen LogP contribution < -0.4 is 27.1 Å². The van der Waals surface area contributed by atoms with E-state index in [4.69, 9.17) is 5.73 Å². The van der Waals surface area contributed by atoms with E-state index in [2.05, 4.69) is 20.9 Å². The Morgan fingerprint density at radius 3 is 2.35 bits per heavy atom. The quantitative estimate of drug-likeness (QED) is 0.0319. The zero-order chi connectivity index (χ0) is 26.1. The molecule has 3 amide bonds. The SMILES string of the molecule is CC(=O)NCCCCCC(=O)N[C@@H](CCCN=C(N)N[N+](=O)[O-])C(=O)N[C@@H](CC(C)C)B(O)O. The highest BCUT2D eigenvalue weighted by atomic mass is 16.7. The van der Waals surface area contributed by atoms with Crippen LogP contribution in [0.2, 0.25) is 0 Å². The van der Waals surface area contributed by atoms with Gasteiger partial charge < -0.3 is 31.7 Å². The van der Waals surface area contributed by atoms with Gasteiger partial charge in [-0.1, -0.05) is 25.7 Å². The summed E-state index contributed by atoms with van der Waals surface area (Å²) in [5.74, 6) is -2.23. The number of hydrazine groups is 1. The van der Waals surface area contributed by atoms with Gasteiger partial charge in [0.05, 0.1) is 5.94 Å². The van der Waals surface area contributed by atoms with Gasteiger partial charge in [-0.3, -0.25) is 14.4 Å². The zero-order valence-corrected chi connectivity index (χ0v) is 20.1. The van der Waals surface area contributed by atoms with E-state index in [9.17, 15) is 34.5 Å². The maximum atomic E-state index is 12.8. The van der Waals surface area contributed by atoms with Crippen LogP contribution in [-0.4, -0.2) is 71.0 Å². The maximum Gasteiger partial charge on any atom is 0.475 e. The largest absolute Gasteiger partial charge is 0.475 e. The number of nitrogens with zero attached hydrogens (tertiary/aromatic N) is 2. The van der Waals surface area contributed by atoms with Crippen molar-refractivity contribution in [2.75, 3.05) is 13.1 Å². The van der Waals surface area contributed by atoms with Crippen molar-refractivity contribution in [3.8, 4) is 0 Å². The van der Waals surface area contributed by atoms with Crippen LogP contribution in [-0.2, 0) is 14.4 Å². The predicted octanol–water partition coefficient (Wildman–Crippen LogP) is -1.41. The second kappa shape index (κ2) is 17.5. The van der Waals surface area contributed by atoms with Gasteiger partial charge in [-0.25, -0.2) is 15.1 Å². The van der Waals surface area contributed by atoms with Crippen LogP contribution in [0.5, 0.6) is 0 Å². The molecule has 15 heteroatoms. The van der Waals surface area contributed by atoms with Crippen molar-refractivity contribution in [2.45, 2.75) is 77.7 Å². The molecule has 0 radical (unpaired) electrons. The van der Waals surface area contributed by atoms with Gasteiger partial charge in [0.25, 0.3) is 5.96 Å². The van der Waals surface area contributed by atoms with Crippen LogP contribution in [0, 0.1) is 16.0 Å². The van der Waals surface area contributed by atoms with E-state index >= 15 is 0 Å². The normalized spacial score (nSPS) is 13.1. The lowest BCUT2D eigenvalue weighted by molar-refractivity contribution is -0.525. The molecule has 0 aromatic heterocycles. The third-order valence-electron chi connectivity index (χ3n) is 4.66. The second-order valence-corrected chi connectivity index (χ2v) is 8.35. The first kappa shape index (κ1) is 31.1. The van der Waals surface area contributed by atoms with Gasteiger partial charge in [-0.05, 0) is 38.0 Å². The van der Waals surface area contributed by atoms with E-state index in [1.54, 1.807) is 5.43 Å². The number of hydrogen-bond donors (Lipinski definition) is 7. The third-order valence-corrected chi connectivity index (χ3v) is 4.66. The van der Waals surface area contributed by atoms with E-state index in [0.717, 1.165) is 12.8 Å². The van der Waals surface area contributed by atoms with Crippen molar-refractivity contribution in [2.24, 2.45) is 16.6 Å². The minimum Gasteiger partial charge on any atom is -0.426 e. The second-order valence-electron chi connectivity index (χ2n) is 8.35. The van der Waals surface area contributed by atoms with E-state index in [1.165, 1.54) is 6.92 Å². The molecule has 0 aromatic rings. The predicted molar refractivity (Wildman–Crippen MR) is 127 cm³/mol. The number of nitro groups is 1. The number of aliphatic imine (C=N–C) groups is 1. The van der Waals surface area contributed by atoms with Gasteiger partial charge in [0.15, 0.2) is 5.03 Å². The van der Waals surface area contributed by atoms with Crippen LogP contribution in [0.1, 0.15) is 65.7 Å². The molecule has 0 bridgehead atoms. The molecule has 0 saturated carbocycles. The van der Waals surface area contributed by atoms with Gasteiger partial charge in [-0.2, -0.15) is 0 Å². The highest BCUT2D eigenvalue weighted by Gasteiger charge is 2.29. The molecule has 0 aliphatic heterocycles. The summed E-state index contributed by atoms with van der Waals surface area (Å²) in [4.78, 5) is 50.1. The third kappa shape index (κ3) is 16.7. The lowest BCUT2D eigenvalue weighted by Crippen LogP contribution is -2.54. The number of hydrogen-bond acceptors (Lipinski definition) is 8. The van der Waals surface area contributed by atoms with E-state index < -0.39 is 30.0 Å². The van der Waals surface area contributed by atoms with Gasteiger partial charge >= 0.3 is 7.12 Å². The lowest BCUT2D eigenvalue weighted by Gasteiger charge is -2.24. The van der Waals surface area contributed by atoms with E-state index in [1.807, 2.05) is 13.8 Å². The number of amides is 3. The molecule has 0 heterocycles. The molecule has 0 rings (SSSR count). The molecule has 0 aliphatic carbocycles. The van der Waals surface area contributed by atoms with Gasteiger partial charge in [0, 0.05) is 26.4 Å². The van der Waals surface area contributed by atoms with Crippen molar-refractivity contribution < 1.29 is 29.5 Å². The number of carbonyl (C=O) groups is 3. The van der Waals surface area contributed by atoms with Crippen molar-refractivity contribution in [1.29, 1.82) is 0 Å². The number of nitrogens with two attached hydrogens (primary N) is 1. The molecule has 0 spiro atoms. The minimum absolute atomic E-state index is 0.0769. The Morgan fingerprint density at radius 1 is 1.12 bits per heavy atom. The number of rotatable bonds is 17. The average Bonchev–Trinajstić information content (AvgIpc) is 2.71. The maximum absolute atomic E-state index is 12.8. The fraction of sp³-hybridized carbons (Fsp3) is 0.789. The van der Waals surface area contributed by atoms with Crippen molar-refractivity contribution in [1.82, 2.24) is 21.4 Å². The van der Waals surface area contributed by atoms with Crippen LogP contribution >= 0.6 is 0 Å². The fourth-order valence-corrected chi connectivity index (χ4v) is 3.06. The summed E-state index contributed by atoms with van der Waals surface area (Å²) >= 11 is 0.